The number of hydrogen-bond acceptors (Lipinski definition) is 11. The van der Waals surface area contributed by atoms with Crippen molar-refractivity contribution in [2.75, 3.05) is 46.4 Å². The maximum absolute atomic E-state index is 13.4. The summed E-state index contributed by atoms with van der Waals surface area (Å²) in [6.07, 6.45) is 5.86. The quantitative estimate of drug-likeness (QED) is 0.105. The number of nitrogens with one attached hydrogen (secondary N) is 2. The van der Waals surface area contributed by atoms with E-state index in [9.17, 15) is 24.6 Å². The second-order valence-electron chi connectivity index (χ2n) is 14.5. The van der Waals surface area contributed by atoms with Crippen LogP contribution in [0.1, 0.15) is 64.5 Å². The number of amides is 1. The van der Waals surface area contributed by atoms with Crippen molar-refractivity contribution in [2.45, 2.75) is 77.4 Å². The first kappa shape index (κ1) is 37.1. The molecular weight excluding hydrogens is 640 g/mol. The molecule has 0 saturated carbocycles. The van der Waals surface area contributed by atoms with Crippen LogP contribution >= 0.6 is 0 Å². The number of rotatable bonds is 15. The summed E-state index contributed by atoms with van der Waals surface area (Å²) in [5.41, 5.74) is 7.38. The summed E-state index contributed by atoms with van der Waals surface area (Å²) in [6, 6.07) is 5.44. The molecule has 1 fully saturated rings. The van der Waals surface area contributed by atoms with Gasteiger partial charge in [-0.05, 0) is 94.8 Å². The van der Waals surface area contributed by atoms with Gasteiger partial charge in [0, 0.05) is 80.7 Å². The zero-order chi connectivity index (χ0) is 36.2. The molecule has 4 heterocycles. The summed E-state index contributed by atoms with van der Waals surface area (Å²) in [5, 5.41) is 26.2. The van der Waals surface area contributed by atoms with Crippen LogP contribution in [-0.2, 0) is 27.2 Å². The lowest BCUT2D eigenvalue weighted by molar-refractivity contribution is -0.174. The van der Waals surface area contributed by atoms with Crippen LogP contribution in [-0.4, -0.2) is 84.6 Å². The van der Waals surface area contributed by atoms with E-state index in [0.717, 1.165) is 36.3 Å². The molecule has 3 aliphatic rings. The van der Waals surface area contributed by atoms with Gasteiger partial charge in [0.15, 0.2) is 5.60 Å². The van der Waals surface area contributed by atoms with E-state index in [0.29, 0.717) is 78.2 Å². The summed E-state index contributed by atoms with van der Waals surface area (Å²) in [6.45, 7) is 9.77. The van der Waals surface area contributed by atoms with E-state index in [2.05, 4.69) is 10.6 Å². The summed E-state index contributed by atoms with van der Waals surface area (Å²) in [7, 11) is 1.91. The second kappa shape index (κ2) is 15.4. The summed E-state index contributed by atoms with van der Waals surface area (Å²) in [5.74, 6) is 0.837. The highest BCUT2D eigenvalue weighted by atomic mass is 16.6. The Balaban J connectivity index is 1.51. The number of carbonyl (C=O) groups is 2. The number of benzene rings is 1. The molecular formula is C38H52N4O8. The number of hydrogen-bond donors (Lipinski definition) is 5. The summed E-state index contributed by atoms with van der Waals surface area (Å²) < 4.78 is 18.8. The van der Waals surface area contributed by atoms with E-state index >= 15 is 0 Å². The van der Waals surface area contributed by atoms with Gasteiger partial charge in [0.25, 0.3) is 0 Å². The Bertz CT molecular complexity index is 1750. The zero-order valence-corrected chi connectivity index (χ0v) is 29.9. The van der Waals surface area contributed by atoms with E-state index in [1.807, 2.05) is 37.9 Å². The molecule has 1 aromatic heterocycles. The summed E-state index contributed by atoms with van der Waals surface area (Å²) >= 11 is 0. The predicted octanol–water partition coefficient (Wildman–Crippen LogP) is 2.84. The number of nitrogens with two attached hydrogens (primary N) is 1. The molecule has 2 atom stereocenters. The molecule has 272 valence electrons. The van der Waals surface area contributed by atoms with Crippen LogP contribution in [0.4, 0.5) is 0 Å². The van der Waals surface area contributed by atoms with Crippen molar-refractivity contribution in [2.24, 2.45) is 17.6 Å². The molecule has 1 aromatic carbocycles. The first-order valence-electron chi connectivity index (χ1n) is 17.5. The average Bonchev–Trinajstić information content (AvgIpc) is 3.42. The smallest absolute Gasteiger partial charge is 0.339 e. The first-order chi connectivity index (χ1) is 23.8. The Morgan fingerprint density at radius 3 is 2.70 bits per heavy atom. The van der Waals surface area contributed by atoms with Crippen molar-refractivity contribution < 1.29 is 33.7 Å². The fourth-order valence-electron chi connectivity index (χ4n) is 7.10. The molecule has 3 aliphatic heterocycles. The summed E-state index contributed by atoms with van der Waals surface area (Å²) in [4.78, 5) is 41.5. The molecule has 0 aliphatic carbocycles. The molecule has 12 heteroatoms. The average molecular weight is 693 g/mol. The fraction of sp³-hybridized carbons (Fsp3) is 0.553. The number of carbonyl (C=O) groups excluding carboxylic acids is 2. The topological polar surface area (TPSA) is 177 Å². The van der Waals surface area contributed by atoms with Crippen LogP contribution in [0.15, 0.2) is 62.1 Å². The van der Waals surface area contributed by atoms with Gasteiger partial charge in [0.2, 0.25) is 5.91 Å². The number of aliphatic hydroxyl groups is 2. The lowest BCUT2D eigenvalue weighted by Gasteiger charge is -2.43. The van der Waals surface area contributed by atoms with E-state index < -0.39 is 22.8 Å². The third-order valence-corrected chi connectivity index (χ3v) is 10.4. The highest BCUT2D eigenvalue weighted by molar-refractivity contribution is 5.88. The van der Waals surface area contributed by atoms with Crippen molar-refractivity contribution >= 4 is 22.8 Å². The molecule has 0 bridgehead atoms. The van der Waals surface area contributed by atoms with Crippen LogP contribution in [0.3, 0.4) is 0 Å². The van der Waals surface area contributed by atoms with Crippen LogP contribution in [0.25, 0.3) is 11.0 Å². The molecule has 2 unspecified atom stereocenters. The van der Waals surface area contributed by atoms with Crippen molar-refractivity contribution in [1.29, 1.82) is 0 Å². The number of fused-ring (bicyclic) bond motifs is 2. The molecule has 0 spiro atoms. The van der Waals surface area contributed by atoms with Gasteiger partial charge in [-0.1, -0.05) is 6.08 Å². The predicted molar refractivity (Wildman–Crippen MR) is 190 cm³/mol. The number of dihydropyridines is 1. The number of aliphatic hydroxyl groups excluding tert-OH is 2. The number of nitrogens with zero attached hydrogens (tertiary/aromatic N) is 1. The molecule has 50 heavy (non-hydrogen) atoms. The van der Waals surface area contributed by atoms with E-state index in [-0.39, 0.29) is 31.5 Å². The standard InChI is InChI=1S/C38H52N4O8/c1-6-23(2)35(46)50-37(3,4)38(16-28-13-33(39)41-19-30(28)14-34(45)42-20-25(21-42)18-40-5)17-29-12-26-11-27(10-24(22-44)8-7-9-43)36(47)48-31(26)15-32(29)49-38/h6,11-13,15,24-25,40-41,43-44H,7-10,14,16-22,39H2,1-5H3. The van der Waals surface area contributed by atoms with Gasteiger partial charge in [0.1, 0.15) is 16.9 Å². The van der Waals surface area contributed by atoms with Crippen molar-refractivity contribution in [3.63, 3.8) is 0 Å². The van der Waals surface area contributed by atoms with Gasteiger partial charge < -0.3 is 45.4 Å². The fourth-order valence-corrected chi connectivity index (χ4v) is 7.10. The van der Waals surface area contributed by atoms with Crippen molar-refractivity contribution in [3.05, 3.63) is 74.4 Å². The monoisotopic (exact) mass is 692 g/mol. The normalized spacial score (nSPS) is 20.2. The molecule has 6 N–H and O–H groups in total. The zero-order valence-electron chi connectivity index (χ0n) is 29.9. The van der Waals surface area contributed by atoms with Crippen molar-refractivity contribution in [3.8, 4) is 5.75 Å². The maximum atomic E-state index is 13.4. The minimum atomic E-state index is -1.17. The molecule has 0 radical (unpaired) electrons. The maximum Gasteiger partial charge on any atom is 0.339 e. The Labute approximate surface area is 293 Å². The van der Waals surface area contributed by atoms with Crippen LogP contribution in [0.2, 0.25) is 0 Å². The highest BCUT2D eigenvalue weighted by Crippen LogP contribution is 2.48. The van der Waals surface area contributed by atoms with E-state index in [1.165, 1.54) is 0 Å². The molecule has 1 saturated heterocycles. The molecule has 2 aromatic rings. The Morgan fingerprint density at radius 2 is 2.02 bits per heavy atom. The van der Waals surface area contributed by atoms with Gasteiger partial charge in [-0.15, -0.1) is 0 Å². The van der Waals surface area contributed by atoms with Gasteiger partial charge in [-0.3, -0.25) is 4.79 Å². The number of esters is 1. The third-order valence-electron chi connectivity index (χ3n) is 10.4. The lowest BCUT2D eigenvalue weighted by Crippen LogP contribution is -2.57. The number of likely N-dealkylation sites (tertiary alicyclic amines) is 1. The first-order valence-corrected chi connectivity index (χ1v) is 17.5. The Hall–Kier alpha value is -4.13. The van der Waals surface area contributed by atoms with Gasteiger partial charge in [-0.2, -0.15) is 0 Å². The van der Waals surface area contributed by atoms with Crippen molar-refractivity contribution in [1.82, 2.24) is 15.5 Å². The van der Waals surface area contributed by atoms with E-state index in [1.54, 1.807) is 32.1 Å². The van der Waals surface area contributed by atoms with Crippen LogP contribution in [0, 0.1) is 11.8 Å². The number of ether oxygens (including phenoxy) is 2. The second-order valence-corrected chi connectivity index (χ2v) is 14.5. The largest absolute Gasteiger partial charge is 0.482 e. The minimum absolute atomic E-state index is 0.0140. The molecule has 12 nitrogen and oxygen atoms in total. The molecule has 5 rings (SSSR count). The van der Waals surface area contributed by atoms with Crippen LogP contribution < -0.4 is 26.7 Å². The molecule has 1 amide bonds. The lowest BCUT2D eigenvalue weighted by atomic mass is 9.75. The Morgan fingerprint density at radius 1 is 1.26 bits per heavy atom. The van der Waals surface area contributed by atoms with E-state index in [4.69, 9.17) is 19.6 Å². The highest BCUT2D eigenvalue weighted by Gasteiger charge is 2.55. The Kier molecular flexibility index (Phi) is 11.4. The number of allylic oxidation sites excluding steroid dienone is 2. The SMILES string of the molecule is CC=C(C)C(=O)OC(C)(C)C1(CC2=C(CC(=O)N3CC(CNC)C3)CNC(N)=C2)Cc2cc3cc(CC(CO)CCCO)c(=O)oc3cc2O1. The van der Waals surface area contributed by atoms with Gasteiger partial charge in [0.05, 0.1) is 12.2 Å². The van der Waals surface area contributed by atoms with Gasteiger partial charge in [-0.25, -0.2) is 9.59 Å². The van der Waals surface area contributed by atoms with Crippen LogP contribution in [0.5, 0.6) is 5.75 Å². The van der Waals surface area contributed by atoms with Gasteiger partial charge >= 0.3 is 11.6 Å². The third kappa shape index (κ3) is 7.92. The minimum Gasteiger partial charge on any atom is -0.482 e.